The smallest absolute Gasteiger partial charge is 0.132 e. The summed E-state index contributed by atoms with van der Waals surface area (Å²) >= 11 is 0. The van der Waals surface area contributed by atoms with Crippen LogP contribution < -0.4 is 10.7 Å². The highest BCUT2D eigenvalue weighted by molar-refractivity contribution is 5.56. The van der Waals surface area contributed by atoms with E-state index in [2.05, 4.69) is 60.4 Å². The maximum absolute atomic E-state index is 9.75. The van der Waals surface area contributed by atoms with Crippen molar-refractivity contribution in [3.05, 3.63) is 60.4 Å². The maximum Gasteiger partial charge on any atom is 0.132 e. The predicted octanol–water partition coefficient (Wildman–Crippen LogP) is 4.95. The Balaban J connectivity index is 1.67. The van der Waals surface area contributed by atoms with Crippen LogP contribution in [0.3, 0.4) is 0 Å². The van der Waals surface area contributed by atoms with E-state index in [1.165, 1.54) is 31.2 Å². The highest BCUT2D eigenvalue weighted by Gasteiger charge is 2.29. The average molecular weight is 383 g/mol. The number of hydrazine groups is 1. The SMILES string of the molecule is C=C(O)c1cccn1-c1ccc(CN2NC(CCCC)NC2CCCC)cc1. The lowest BCUT2D eigenvalue weighted by atomic mass is 10.1. The molecule has 2 aromatic rings. The van der Waals surface area contributed by atoms with Gasteiger partial charge in [-0.05, 0) is 42.7 Å². The Morgan fingerprint density at radius 1 is 1.07 bits per heavy atom. The Labute approximate surface area is 169 Å². The fraction of sp³-hybridized carbons (Fsp3) is 0.478. The van der Waals surface area contributed by atoms with Crippen molar-refractivity contribution in [2.45, 2.75) is 71.2 Å². The van der Waals surface area contributed by atoms with E-state index < -0.39 is 0 Å². The molecule has 3 rings (SSSR count). The first-order valence-electron chi connectivity index (χ1n) is 10.6. The van der Waals surface area contributed by atoms with Crippen LogP contribution in [0.25, 0.3) is 11.4 Å². The fourth-order valence-electron chi connectivity index (χ4n) is 3.80. The number of aromatic nitrogens is 1. The lowest BCUT2D eigenvalue weighted by Crippen LogP contribution is -2.39. The van der Waals surface area contributed by atoms with Gasteiger partial charge < -0.3 is 9.67 Å². The third-order valence-corrected chi connectivity index (χ3v) is 5.38. The Bertz CT molecular complexity index is 752. The number of aliphatic hydroxyl groups excluding tert-OH is 1. The van der Waals surface area contributed by atoms with Gasteiger partial charge in [0.1, 0.15) is 5.76 Å². The lowest BCUT2D eigenvalue weighted by Gasteiger charge is -2.23. The monoisotopic (exact) mass is 382 g/mol. The molecule has 0 saturated carbocycles. The molecule has 0 radical (unpaired) electrons. The van der Waals surface area contributed by atoms with Gasteiger partial charge in [0.05, 0.1) is 18.0 Å². The summed E-state index contributed by atoms with van der Waals surface area (Å²) in [6.07, 6.45) is 9.94. The van der Waals surface area contributed by atoms with E-state index in [0.29, 0.717) is 12.3 Å². The lowest BCUT2D eigenvalue weighted by molar-refractivity contribution is 0.154. The van der Waals surface area contributed by atoms with E-state index in [1.807, 2.05) is 22.9 Å². The van der Waals surface area contributed by atoms with Gasteiger partial charge >= 0.3 is 0 Å². The molecule has 1 aliphatic heterocycles. The molecule has 2 heterocycles. The van der Waals surface area contributed by atoms with Crippen molar-refractivity contribution >= 4 is 5.76 Å². The molecule has 0 spiro atoms. The summed E-state index contributed by atoms with van der Waals surface area (Å²) in [6, 6.07) is 12.3. The standard InChI is InChI=1S/C23H34N4O/c1-4-6-10-22-24-23(11-7-5-2)27(25-22)17-19-12-14-20(15-13-19)26-16-8-9-21(26)18(3)28/h8-9,12-16,22-25,28H,3-7,10-11,17H2,1-2H3. The average Bonchev–Trinajstić information content (AvgIpc) is 3.33. The molecule has 1 aromatic carbocycles. The van der Waals surface area contributed by atoms with Gasteiger partial charge in [0, 0.05) is 18.4 Å². The van der Waals surface area contributed by atoms with Crippen LogP contribution in [0.4, 0.5) is 0 Å². The van der Waals surface area contributed by atoms with Crippen LogP contribution in [0.15, 0.2) is 49.2 Å². The van der Waals surface area contributed by atoms with Gasteiger partial charge in [-0.25, -0.2) is 10.4 Å². The normalized spacial score (nSPS) is 19.9. The van der Waals surface area contributed by atoms with Crippen LogP contribution in [-0.2, 0) is 6.54 Å². The zero-order valence-electron chi connectivity index (χ0n) is 17.2. The first-order valence-corrected chi connectivity index (χ1v) is 10.6. The largest absolute Gasteiger partial charge is 0.506 e. The Morgan fingerprint density at radius 3 is 2.46 bits per heavy atom. The van der Waals surface area contributed by atoms with Crippen molar-refractivity contribution in [2.75, 3.05) is 0 Å². The van der Waals surface area contributed by atoms with Crippen molar-refractivity contribution in [1.82, 2.24) is 20.3 Å². The number of nitrogens with one attached hydrogen (secondary N) is 2. The molecule has 28 heavy (non-hydrogen) atoms. The van der Waals surface area contributed by atoms with E-state index in [-0.39, 0.29) is 5.76 Å². The van der Waals surface area contributed by atoms with Crippen molar-refractivity contribution in [3.8, 4) is 5.69 Å². The molecule has 5 nitrogen and oxygen atoms in total. The van der Waals surface area contributed by atoms with Crippen LogP contribution in [-0.4, -0.2) is 27.0 Å². The molecule has 2 unspecified atom stereocenters. The number of hydrogen-bond donors (Lipinski definition) is 3. The first-order chi connectivity index (χ1) is 13.6. The third kappa shape index (κ3) is 5.04. The fourth-order valence-corrected chi connectivity index (χ4v) is 3.80. The number of aliphatic hydroxyl groups is 1. The van der Waals surface area contributed by atoms with E-state index in [9.17, 15) is 5.11 Å². The minimum Gasteiger partial charge on any atom is -0.506 e. The highest BCUT2D eigenvalue weighted by atomic mass is 16.3. The van der Waals surface area contributed by atoms with Gasteiger partial charge in [0.2, 0.25) is 0 Å². The molecule has 1 saturated heterocycles. The molecule has 5 heteroatoms. The Morgan fingerprint density at radius 2 is 1.79 bits per heavy atom. The van der Waals surface area contributed by atoms with E-state index in [1.54, 1.807) is 0 Å². The van der Waals surface area contributed by atoms with Gasteiger partial charge in [-0.15, -0.1) is 0 Å². The van der Waals surface area contributed by atoms with Crippen molar-refractivity contribution in [1.29, 1.82) is 0 Å². The molecule has 2 atom stereocenters. The summed E-state index contributed by atoms with van der Waals surface area (Å²) in [5.41, 5.74) is 6.68. The van der Waals surface area contributed by atoms with Gasteiger partial charge in [-0.1, -0.05) is 58.2 Å². The molecule has 0 aliphatic carbocycles. The molecular weight excluding hydrogens is 348 g/mol. The van der Waals surface area contributed by atoms with Crippen LogP contribution in [0.5, 0.6) is 0 Å². The van der Waals surface area contributed by atoms with Gasteiger partial charge in [0.15, 0.2) is 0 Å². The Hall–Kier alpha value is -2.08. The quantitative estimate of drug-likeness (QED) is 0.509. The number of unbranched alkanes of at least 4 members (excludes halogenated alkanes) is 2. The van der Waals surface area contributed by atoms with Crippen molar-refractivity contribution in [2.24, 2.45) is 0 Å². The molecular formula is C23H34N4O. The van der Waals surface area contributed by atoms with Crippen molar-refractivity contribution in [3.63, 3.8) is 0 Å². The maximum atomic E-state index is 9.75. The molecule has 1 fully saturated rings. The topological polar surface area (TPSA) is 52.5 Å². The number of nitrogens with zero attached hydrogens (tertiary/aromatic N) is 2. The van der Waals surface area contributed by atoms with Gasteiger partial charge in [-0.3, -0.25) is 5.32 Å². The molecule has 0 amide bonds. The minimum absolute atomic E-state index is 0.0818. The summed E-state index contributed by atoms with van der Waals surface area (Å²) in [7, 11) is 0. The van der Waals surface area contributed by atoms with Crippen LogP contribution >= 0.6 is 0 Å². The summed E-state index contributed by atoms with van der Waals surface area (Å²) in [4.78, 5) is 0. The minimum atomic E-state index is 0.0818. The number of hydrogen-bond acceptors (Lipinski definition) is 4. The summed E-state index contributed by atoms with van der Waals surface area (Å²) in [5, 5.41) is 15.9. The third-order valence-electron chi connectivity index (χ3n) is 5.38. The van der Waals surface area contributed by atoms with Gasteiger partial charge in [-0.2, -0.15) is 0 Å². The molecule has 152 valence electrons. The predicted molar refractivity (Wildman–Crippen MR) is 116 cm³/mol. The second-order valence-electron chi connectivity index (χ2n) is 7.65. The molecule has 1 aromatic heterocycles. The highest BCUT2D eigenvalue weighted by Crippen LogP contribution is 2.20. The second-order valence-corrected chi connectivity index (χ2v) is 7.65. The van der Waals surface area contributed by atoms with Crippen LogP contribution in [0, 0.1) is 0 Å². The first kappa shape index (κ1) is 20.6. The summed E-state index contributed by atoms with van der Waals surface area (Å²) in [6.45, 7) is 9.00. The second kappa shape index (κ2) is 9.92. The number of rotatable bonds is 10. The van der Waals surface area contributed by atoms with E-state index >= 15 is 0 Å². The van der Waals surface area contributed by atoms with Crippen LogP contribution in [0.2, 0.25) is 0 Å². The van der Waals surface area contributed by atoms with Crippen LogP contribution in [0.1, 0.15) is 63.6 Å². The van der Waals surface area contributed by atoms with Crippen molar-refractivity contribution < 1.29 is 5.11 Å². The summed E-state index contributed by atoms with van der Waals surface area (Å²) < 4.78 is 1.95. The molecule has 0 bridgehead atoms. The summed E-state index contributed by atoms with van der Waals surface area (Å²) in [5.74, 6) is 0.0818. The molecule has 3 N–H and O–H groups in total. The van der Waals surface area contributed by atoms with E-state index in [0.717, 1.165) is 30.8 Å². The number of benzene rings is 1. The van der Waals surface area contributed by atoms with Gasteiger partial charge in [0.25, 0.3) is 0 Å². The zero-order chi connectivity index (χ0) is 19.9. The van der Waals surface area contributed by atoms with E-state index in [4.69, 9.17) is 0 Å². The Kier molecular flexibility index (Phi) is 7.31. The zero-order valence-corrected chi connectivity index (χ0v) is 17.2. The molecule has 1 aliphatic rings.